The second-order valence-electron chi connectivity index (χ2n) is 6.23. The van der Waals surface area contributed by atoms with Gasteiger partial charge in [0.2, 0.25) is 0 Å². The smallest absolute Gasteiger partial charge is 0.327 e. The van der Waals surface area contributed by atoms with E-state index in [0.717, 1.165) is 6.54 Å². The lowest BCUT2D eigenvalue weighted by Crippen LogP contribution is -2.65. The molecule has 7 heteroatoms. The van der Waals surface area contributed by atoms with E-state index in [4.69, 9.17) is 0 Å². The van der Waals surface area contributed by atoms with Crippen LogP contribution in [0.2, 0.25) is 0 Å². The normalized spacial score (nSPS) is 30.7. The molecule has 2 fully saturated rings. The molecule has 21 heavy (non-hydrogen) atoms. The molecule has 2 aliphatic rings. The van der Waals surface area contributed by atoms with E-state index in [1.807, 2.05) is 20.8 Å². The molecule has 0 radical (unpaired) electrons. The standard InChI is InChI=1S/C14H23N3O3S/c1-6-16(8(2)3)7-15-9-11(18)17-10(13(19)20)14(4,5)21-12(9)17/h7-10,12H,6H2,1-5H3,(H,19,20)/t9-,10+,12-/m1/s1. The second kappa shape index (κ2) is 5.51. The third-order valence-corrected chi connectivity index (χ3v) is 5.61. The van der Waals surface area contributed by atoms with Gasteiger partial charge < -0.3 is 14.9 Å². The van der Waals surface area contributed by atoms with Crippen molar-refractivity contribution < 1.29 is 14.7 Å². The average Bonchev–Trinajstić information content (AvgIpc) is 2.62. The van der Waals surface area contributed by atoms with E-state index in [-0.39, 0.29) is 11.3 Å². The lowest BCUT2D eigenvalue weighted by atomic mass is 9.96. The van der Waals surface area contributed by atoms with Crippen LogP contribution in [0.1, 0.15) is 34.6 Å². The molecule has 2 heterocycles. The average molecular weight is 313 g/mol. The highest BCUT2D eigenvalue weighted by atomic mass is 32.2. The Morgan fingerprint density at radius 3 is 2.67 bits per heavy atom. The first-order valence-electron chi connectivity index (χ1n) is 7.22. The Morgan fingerprint density at radius 2 is 2.19 bits per heavy atom. The van der Waals surface area contributed by atoms with Crippen molar-refractivity contribution in [1.29, 1.82) is 0 Å². The van der Waals surface area contributed by atoms with E-state index < -0.39 is 22.8 Å². The van der Waals surface area contributed by atoms with Gasteiger partial charge in [-0.25, -0.2) is 4.79 Å². The number of nitrogens with zero attached hydrogens (tertiary/aromatic N) is 3. The van der Waals surface area contributed by atoms with Crippen molar-refractivity contribution in [2.45, 2.75) is 62.9 Å². The van der Waals surface area contributed by atoms with Crippen LogP contribution in [0.4, 0.5) is 0 Å². The number of hydrogen-bond acceptors (Lipinski definition) is 4. The summed E-state index contributed by atoms with van der Waals surface area (Å²) in [6.07, 6.45) is 1.73. The molecule has 0 unspecified atom stereocenters. The lowest BCUT2D eigenvalue weighted by molar-refractivity contribution is -0.158. The number of carboxylic acids is 1. The molecule has 0 aromatic heterocycles. The number of β-lactam (4-membered cyclic amide) rings is 1. The Hall–Kier alpha value is -1.24. The van der Waals surface area contributed by atoms with Gasteiger partial charge in [0.25, 0.3) is 5.91 Å². The minimum atomic E-state index is -0.942. The van der Waals surface area contributed by atoms with Crippen LogP contribution in [0.5, 0.6) is 0 Å². The van der Waals surface area contributed by atoms with Gasteiger partial charge in [-0.1, -0.05) is 0 Å². The molecule has 2 aliphatic heterocycles. The zero-order valence-electron chi connectivity index (χ0n) is 13.1. The molecule has 1 N–H and O–H groups in total. The topological polar surface area (TPSA) is 73.2 Å². The van der Waals surface area contributed by atoms with Crippen LogP contribution in [0.3, 0.4) is 0 Å². The molecule has 6 nitrogen and oxygen atoms in total. The quantitative estimate of drug-likeness (QED) is 0.470. The van der Waals surface area contributed by atoms with Crippen LogP contribution in [0.25, 0.3) is 0 Å². The van der Waals surface area contributed by atoms with Crippen LogP contribution in [-0.2, 0) is 9.59 Å². The van der Waals surface area contributed by atoms with Gasteiger partial charge >= 0.3 is 5.97 Å². The maximum Gasteiger partial charge on any atom is 0.327 e. The fraction of sp³-hybridized carbons (Fsp3) is 0.786. The first-order valence-corrected chi connectivity index (χ1v) is 8.10. The Labute approximate surface area is 129 Å². The molecular formula is C14H23N3O3S. The van der Waals surface area contributed by atoms with Crippen molar-refractivity contribution in [3.63, 3.8) is 0 Å². The molecule has 118 valence electrons. The van der Waals surface area contributed by atoms with Gasteiger partial charge in [-0.15, -0.1) is 11.8 Å². The third kappa shape index (κ3) is 2.63. The van der Waals surface area contributed by atoms with E-state index in [1.165, 1.54) is 16.7 Å². The summed E-state index contributed by atoms with van der Waals surface area (Å²) in [6.45, 7) is 10.7. The monoisotopic (exact) mass is 313 g/mol. The first kappa shape index (κ1) is 16.1. The van der Waals surface area contributed by atoms with Crippen molar-refractivity contribution in [3.8, 4) is 0 Å². The highest BCUT2D eigenvalue weighted by Gasteiger charge is 2.63. The Morgan fingerprint density at radius 1 is 1.57 bits per heavy atom. The van der Waals surface area contributed by atoms with Gasteiger partial charge in [0.15, 0.2) is 6.04 Å². The molecule has 0 aromatic rings. The van der Waals surface area contributed by atoms with Crippen molar-refractivity contribution in [3.05, 3.63) is 0 Å². The summed E-state index contributed by atoms with van der Waals surface area (Å²) < 4.78 is -0.487. The van der Waals surface area contributed by atoms with Crippen LogP contribution in [0, 0.1) is 0 Å². The Balaban J connectivity index is 2.13. The number of carbonyl (C=O) groups is 2. The molecule has 0 saturated carbocycles. The van der Waals surface area contributed by atoms with Gasteiger partial charge in [-0.05, 0) is 34.6 Å². The van der Waals surface area contributed by atoms with E-state index in [9.17, 15) is 14.7 Å². The summed E-state index contributed by atoms with van der Waals surface area (Å²) in [5.41, 5.74) is 0. The summed E-state index contributed by atoms with van der Waals surface area (Å²) in [5, 5.41) is 9.19. The van der Waals surface area contributed by atoms with Gasteiger partial charge in [0.05, 0.1) is 6.34 Å². The number of carbonyl (C=O) groups excluding carboxylic acids is 1. The number of carboxylic acid groups (broad SMARTS) is 1. The van der Waals surface area contributed by atoms with Gasteiger partial charge in [0, 0.05) is 17.3 Å². The van der Waals surface area contributed by atoms with Crippen molar-refractivity contribution in [1.82, 2.24) is 9.80 Å². The third-order valence-electron chi connectivity index (χ3n) is 4.05. The Bertz CT molecular complexity index is 478. The number of fused-ring (bicyclic) bond motifs is 1. The van der Waals surface area contributed by atoms with Gasteiger partial charge in [-0.3, -0.25) is 9.79 Å². The zero-order chi connectivity index (χ0) is 15.9. The summed E-state index contributed by atoms with van der Waals surface area (Å²) in [7, 11) is 0. The summed E-state index contributed by atoms with van der Waals surface area (Å²) in [6, 6.07) is -0.894. The van der Waals surface area contributed by atoms with Gasteiger partial charge in [-0.2, -0.15) is 0 Å². The maximum absolute atomic E-state index is 12.2. The molecule has 3 atom stereocenters. The fourth-order valence-electron chi connectivity index (χ4n) is 2.87. The second-order valence-corrected chi connectivity index (χ2v) is 8.00. The fourth-order valence-corrected chi connectivity index (χ4v) is 4.49. The number of aliphatic imine (C=N–C) groups is 1. The SMILES string of the molecule is CCN(C=N[C@@H]1C(=O)N2[C@@H]1SC(C)(C)[C@@H]2C(=O)O)C(C)C. The summed E-state index contributed by atoms with van der Waals surface area (Å²) >= 11 is 1.53. The first-order chi connectivity index (χ1) is 9.70. The van der Waals surface area contributed by atoms with Crippen LogP contribution >= 0.6 is 11.8 Å². The number of thioether (sulfide) groups is 1. The number of hydrogen-bond donors (Lipinski definition) is 1. The van der Waals surface area contributed by atoms with E-state index >= 15 is 0 Å². The van der Waals surface area contributed by atoms with Crippen LogP contribution < -0.4 is 0 Å². The van der Waals surface area contributed by atoms with E-state index in [2.05, 4.69) is 23.7 Å². The highest BCUT2D eigenvalue weighted by Crippen LogP contribution is 2.51. The van der Waals surface area contributed by atoms with Gasteiger partial charge in [0.1, 0.15) is 11.4 Å². The van der Waals surface area contributed by atoms with Crippen molar-refractivity contribution in [2.24, 2.45) is 4.99 Å². The molecule has 1 amide bonds. The minimum absolute atomic E-state index is 0.157. The van der Waals surface area contributed by atoms with Crippen molar-refractivity contribution >= 4 is 30.0 Å². The van der Waals surface area contributed by atoms with Crippen LogP contribution in [0.15, 0.2) is 4.99 Å². The molecule has 2 saturated heterocycles. The highest BCUT2D eigenvalue weighted by molar-refractivity contribution is 8.01. The molecule has 0 aromatic carbocycles. The number of rotatable bonds is 5. The molecule has 0 aliphatic carbocycles. The molecular weight excluding hydrogens is 290 g/mol. The zero-order valence-corrected chi connectivity index (χ0v) is 13.9. The minimum Gasteiger partial charge on any atom is -0.480 e. The lowest BCUT2D eigenvalue weighted by Gasteiger charge is -2.41. The van der Waals surface area contributed by atoms with E-state index in [1.54, 1.807) is 6.34 Å². The predicted octanol–water partition coefficient (Wildman–Crippen LogP) is 1.26. The molecule has 0 spiro atoms. The van der Waals surface area contributed by atoms with Crippen molar-refractivity contribution in [2.75, 3.05) is 6.54 Å². The number of aliphatic carboxylic acids is 1. The molecule has 0 bridgehead atoms. The summed E-state index contributed by atoms with van der Waals surface area (Å²) in [4.78, 5) is 31.6. The maximum atomic E-state index is 12.2. The van der Waals surface area contributed by atoms with E-state index in [0.29, 0.717) is 6.04 Å². The Kier molecular flexibility index (Phi) is 4.24. The molecule has 2 rings (SSSR count). The van der Waals surface area contributed by atoms with Crippen LogP contribution in [-0.4, -0.2) is 67.9 Å². The number of amides is 1. The largest absolute Gasteiger partial charge is 0.480 e. The predicted molar refractivity (Wildman–Crippen MR) is 83.5 cm³/mol. The summed E-state index contributed by atoms with van der Waals surface area (Å²) in [5.74, 6) is -1.12.